The van der Waals surface area contributed by atoms with Crippen LogP contribution in [0.5, 0.6) is 0 Å². The second-order valence-electron chi connectivity index (χ2n) is 5.16. The van der Waals surface area contributed by atoms with Crippen LogP contribution >= 0.6 is 11.8 Å². The highest BCUT2D eigenvalue weighted by atomic mass is 32.2. The first-order valence-electron chi connectivity index (χ1n) is 7.07. The first-order valence-corrected chi connectivity index (χ1v) is 8.05. The van der Waals surface area contributed by atoms with E-state index in [9.17, 15) is 18.4 Å². The topological polar surface area (TPSA) is 40.6 Å². The summed E-state index contributed by atoms with van der Waals surface area (Å²) in [4.78, 5) is 27.3. The van der Waals surface area contributed by atoms with Gasteiger partial charge in [0.05, 0.1) is 5.75 Å². The van der Waals surface area contributed by atoms with Crippen LogP contribution in [-0.4, -0.2) is 54.0 Å². The third-order valence-corrected chi connectivity index (χ3v) is 4.53. The summed E-state index contributed by atoms with van der Waals surface area (Å²) in [6.07, 6.45) is 1.46. The molecular formula is C15H18F2N2O2S. The fourth-order valence-electron chi connectivity index (χ4n) is 2.16. The fourth-order valence-corrected chi connectivity index (χ4v) is 3.02. The molecule has 4 nitrogen and oxygen atoms in total. The molecule has 1 aliphatic rings. The summed E-state index contributed by atoms with van der Waals surface area (Å²) in [7, 11) is 1.68. The Kier molecular flexibility index (Phi) is 5.76. The quantitative estimate of drug-likeness (QED) is 0.751. The van der Waals surface area contributed by atoms with Crippen molar-refractivity contribution in [2.24, 2.45) is 0 Å². The third-order valence-electron chi connectivity index (χ3n) is 3.56. The molecule has 1 aromatic carbocycles. The molecule has 0 saturated carbocycles. The van der Waals surface area contributed by atoms with E-state index in [1.54, 1.807) is 16.8 Å². The lowest BCUT2D eigenvalue weighted by Gasteiger charge is -2.21. The maximum Gasteiger partial charge on any atom is 0.232 e. The zero-order valence-electron chi connectivity index (χ0n) is 12.3. The van der Waals surface area contributed by atoms with Crippen molar-refractivity contribution < 1.29 is 18.4 Å². The number of rotatable bonds is 6. The maximum atomic E-state index is 13.1. The van der Waals surface area contributed by atoms with Gasteiger partial charge in [0, 0.05) is 38.0 Å². The van der Waals surface area contributed by atoms with E-state index in [4.69, 9.17) is 0 Å². The lowest BCUT2D eigenvalue weighted by Crippen LogP contribution is -2.37. The van der Waals surface area contributed by atoms with Crippen LogP contribution < -0.4 is 0 Å². The first kappa shape index (κ1) is 16.7. The number of hydrogen-bond donors (Lipinski definition) is 0. The van der Waals surface area contributed by atoms with E-state index in [0.717, 1.165) is 36.9 Å². The minimum atomic E-state index is -0.918. The van der Waals surface area contributed by atoms with Gasteiger partial charge < -0.3 is 9.80 Å². The van der Waals surface area contributed by atoms with Crippen molar-refractivity contribution in [3.8, 4) is 0 Å². The van der Waals surface area contributed by atoms with Crippen LogP contribution in [0.1, 0.15) is 12.8 Å². The number of likely N-dealkylation sites (N-methyl/N-ethyl adjacent to an activating group) is 1. The molecule has 22 heavy (non-hydrogen) atoms. The van der Waals surface area contributed by atoms with E-state index >= 15 is 0 Å². The monoisotopic (exact) mass is 328 g/mol. The molecule has 1 fully saturated rings. The minimum Gasteiger partial charge on any atom is -0.343 e. The molecular weight excluding hydrogens is 310 g/mol. The Morgan fingerprint density at radius 2 is 2.14 bits per heavy atom. The summed E-state index contributed by atoms with van der Waals surface area (Å²) in [5.74, 6) is -1.64. The van der Waals surface area contributed by atoms with Gasteiger partial charge in [-0.2, -0.15) is 0 Å². The Morgan fingerprint density at radius 1 is 1.36 bits per heavy atom. The average molecular weight is 328 g/mol. The van der Waals surface area contributed by atoms with Gasteiger partial charge in [0.1, 0.15) is 0 Å². The van der Waals surface area contributed by atoms with Crippen LogP contribution in [0.15, 0.2) is 23.1 Å². The highest BCUT2D eigenvalue weighted by Crippen LogP contribution is 2.20. The molecule has 0 spiro atoms. The molecule has 0 bridgehead atoms. The number of amides is 2. The smallest absolute Gasteiger partial charge is 0.232 e. The number of likely N-dealkylation sites (tertiary alicyclic amines) is 1. The van der Waals surface area contributed by atoms with Gasteiger partial charge >= 0.3 is 0 Å². The second kappa shape index (κ2) is 7.58. The molecule has 1 saturated heterocycles. The fraction of sp³-hybridized carbons (Fsp3) is 0.467. The number of benzene rings is 1. The number of hydrogen-bond acceptors (Lipinski definition) is 3. The Hall–Kier alpha value is -1.63. The summed E-state index contributed by atoms with van der Waals surface area (Å²) in [5, 5.41) is 0. The average Bonchev–Trinajstić information content (AvgIpc) is 2.91. The first-order chi connectivity index (χ1) is 10.5. The SMILES string of the molecule is CN(CCN1CCCC1=O)C(=O)CSc1ccc(F)c(F)c1. The van der Waals surface area contributed by atoms with Crippen LogP contribution in [0.25, 0.3) is 0 Å². The number of nitrogens with zero attached hydrogens (tertiary/aromatic N) is 2. The van der Waals surface area contributed by atoms with Gasteiger partial charge in [-0.15, -0.1) is 11.8 Å². The molecule has 0 N–H and O–H groups in total. The van der Waals surface area contributed by atoms with Gasteiger partial charge in [-0.25, -0.2) is 8.78 Å². The van der Waals surface area contributed by atoms with E-state index in [0.29, 0.717) is 24.4 Å². The molecule has 0 radical (unpaired) electrons. The zero-order valence-corrected chi connectivity index (χ0v) is 13.2. The van der Waals surface area contributed by atoms with Gasteiger partial charge in [-0.3, -0.25) is 9.59 Å². The van der Waals surface area contributed by atoms with Crippen LogP contribution in [0.3, 0.4) is 0 Å². The minimum absolute atomic E-state index is 0.110. The van der Waals surface area contributed by atoms with Crippen molar-refractivity contribution in [2.45, 2.75) is 17.7 Å². The lowest BCUT2D eigenvalue weighted by molar-refractivity contribution is -0.130. The van der Waals surface area contributed by atoms with Crippen molar-refractivity contribution in [1.82, 2.24) is 9.80 Å². The van der Waals surface area contributed by atoms with Crippen molar-refractivity contribution in [3.63, 3.8) is 0 Å². The molecule has 0 aliphatic carbocycles. The van der Waals surface area contributed by atoms with E-state index in [1.807, 2.05) is 0 Å². The molecule has 0 atom stereocenters. The number of thioether (sulfide) groups is 1. The third kappa shape index (κ3) is 4.43. The van der Waals surface area contributed by atoms with Crippen molar-refractivity contribution >= 4 is 23.6 Å². The van der Waals surface area contributed by atoms with Crippen LogP contribution in [0.4, 0.5) is 8.78 Å². The molecule has 0 unspecified atom stereocenters. The Labute approximate surface area is 132 Å². The van der Waals surface area contributed by atoms with Crippen LogP contribution in [-0.2, 0) is 9.59 Å². The van der Waals surface area contributed by atoms with Crippen molar-refractivity contribution in [2.75, 3.05) is 32.4 Å². The van der Waals surface area contributed by atoms with Gasteiger partial charge in [-0.1, -0.05) is 0 Å². The molecule has 120 valence electrons. The Morgan fingerprint density at radius 3 is 2.77 bits per heavy atom. The highest BCUT2D eigenvalue weighted by molar-refractivity contribution is 8.00. The standard InChI is InChI=1S/C15H18F2N2O2S/c1-18(7-8-19-6-2-3-14(19)20)15(21)10-22-11-4-5-12(16)13(17)9-11/h4-5,9H,2-3,6-8,10H2,1H3. The van der Waals surface area contributed by atoms with Gasteiger partial charge in [0.25, 0.3) is 0 Å². The predicted octanol–water partition coefficient (Wildman–Crippen LogP) is 2.14. The van der Waals surface area contributed by atoms with Crippen molar-refractivity contribution in [3.05, 3.63) is 29.8 Å². The number of carbonyl (C=O) groups is 2. The van der Waals surface area contributed by atoms with E-state index in [-0.39, 0.29) is 17.6 Å². The van der Waals surface area contributed by atoms with E-state index in [1.165, 1.54) is 6.07 Å². The molecule has 2 amide bonds. The van der Waals surface area contributed by atoms with Crippen LogP contribution in [0, 0.1) is 11.6 Å². The second-order valence-corrected chi connectivity index (χ2v) is 6.21. The molecule has 7 heteroatoms. The summed E-state index contributed by atoms with van der Waals surface area (Å²) in [5.41, 5.74) is 0. The largest absolute Gasteiger partial charge is 0.343 e. The predicted molar refractivity (Wildman–Crippen MR) is 80.5 cm³/mol. The zero-order chi connectivity index (χ0) is 16.1. The Balaban J connectivity index is 1.76. The molecule has 1 aromatic rings. The van der Waals surface area contributed by atoms with Crippen LogP contribution in [0.2, 0.25) is 0 Å². The summed E-state index contributed by atoms with van der Waals surface area (Å²) < 4.78 is 25.9. The molecule has 1 aliphatic heterocycles. The number of halogens is 2. The molecule has 0 aromatic heterocycles. The summed E-state index contributed by atoms with van der Waals surface area (Å²) >= 11 is 1.16. The summed E-state index contributed by atoms with van der Waals surface area (Å²) in [6, 6.07) is 3.57. The highest BCUT2D eigenvalue weighted by Gasteiger charge is 2.20. The van der Waals surface area contributed by atoms with E-state index in [2.05, 4.69) is 0 Å². The lowest BCUT2D eigenvalue weighted by atomic mass is 10.3. The normalized spacial score (nSPS) is 14.5. The molecule has 2 rings (SSSR count). The maximum absolute atomic E-state index is 13.1. The van der Waals surface area contributed by atoms with Gasteiger partial charge in [0.15, 0.2) is 11.6 Å². The number of carbonyl (C=O) groups excluding carboxylic acids is 2. The van der Waals surface area contributed by atoms with Gasteiger partial charge in [0.2, 0.25) is 11.8 Å². The van der Waals surface area contributed by atoms with Gasteiger partial charge in [-0.05, 0) is 24.6 Å². The summed E-state index contributed by atoms with van der Waals surface area (Å²) in [6.45, 7) is 1.77. The Bertz CT molecular complexity index is 568. The van der Waals surface area contributed by atoms with E-state index < -0.39 is 11.6 Å². The van der Waals surface area contributed by atoms with Crippen molar-refractivity contribution in [1.29, 1.82) is 0 Å². The molecule has 1 heterocycles.